The Labute approximate surface area is 144 Å². The number of aromatic nitrogens is 1. The summed E-state index contributed by atoms with van der Waals surface area (Å²) < 4.78 is 62.5. The summed E-state index contributed by atoms with van der Waals surface area (Å²) in [6.45, 7) is 0. The molecule has 1 aromatic carbocycles. The number of benzene rings is 1. The minimum atomic E-state index is -4.77. The molecule has 0 amide bonds. The normalized spacial score (nSPS) is 12.2. The number of halogens is 5. The van der Waals surface area contributed by atoms with Crippen molar-refractivity contribution in [1.82, 2.24) is 4.98 Å². The molecule has 5 nitrogen and oxygen atoms in total. The average molecular weight is 401 g/mol. The second-order valence-electron chi connectivity index (χ2n) is 4.75. The Morgan fingerprint density at radius 2 is 1.62 bits per heavy atom. The number of anilines is 2. The summed E-state index contributed by atoms with van der Waals surface area (Å²) in [6.07, 6.45) is -3.31. The first-order chi connectivity index (χ1) is 10.9. The number of rotatable bonds is 3. The number of hydrogen-bond donors (Lipinski definition) is 1. The van der Waals surface area contributed by atoms with E-state index in [2.05, 4.69) is 0 Å². The molecule has 0 aliphatic carbocycles. The standard InChI is InChI=1S/C13H9Cl2F3N2O3S/c1-24(22,23)20(9-3-7(14)2-8(15)4-9)10-6-19-12(5-11(10)21)13(16,17)18/h2-6H,1H3,(H,19,21). The number of pyridine rings is 1. The second kappa shape index (κ2) is 6.30. The molecule has 24 heavy (non-hydrogen) atoms. The van der Waals surface area contributed by atoms with Crippen LogP contribution in [0.3, 0.4) is 0 Å². The van der Waals surface area contributed by atoms with Crippen molar-refractivity contribution in [2.24, 2.45) is 0 Å². The molecule has 0 saturated heterocycles. The lowest BCUT2D eigenvalue weighted by molar-refractivity contribution is -0.141. The van der Waals surface area contributed by atoms with E-state index in [4.69, 9.17) is 23.2 Å². The highest BCUT2D eigenvalue weighted by Crippen LogP contribution is 2.32. The van der Waals surface area contributed by atoms with E-state index in [0.29, 0.717) is 10.5 Å². The Morgan fingerprint density at radius 1 is 1.08 bits per heavy atom. The number of sulfonamides is 1. The van der Waals surface area contributed by atoms with Gasteiger partial charge < -0.3 is 4.98 Å². The van der Waals surface area contributed by atoms with E-state index in [0.717, 1.165) is 6.26 Å². The van der Waals surface area contributed by atoms with Crippen LogP contribution in [0.1, 0.15) is 5.69 Å². The highest BCUT2D eigenvalue weighted by molar-refractivity contribution is 7.92. The van der Waals surface area contributed by atoms with E-state index in [1.165, 1.54) is 18.2 Å². The summed E-state index contributed by atoms with van der Waals surface area (Å²) in [6, 6.07) is 4.04. The third-order valence-electron chi connectivity index (χ3n) is 2.83. The van der Waals surface area contributed by atoms with Gasteiger partial charge in [0, 0.05) is 22.3 Å². The molecule has 2 rings (SSSR count). The molecular formula is C13H9Cl2F3N2O3S. The van der Waals surface area contributed by atoms with Crippen molar-refractivity contribution in [3.05, 3.63) is 56.4 Å². The molecule has 0 unspecified atom stereocenters. The van der Waals surface area contributed by atoms with Crippen molar-refractivity contribution < 1.29 is 21.6 Å². The summed E-state index contributed by atoms with van der Waals surface area (Å²) in [7, 11) is -4.06. The first-order valence-corrected chi connectivity index (χ1v) is 8.76. The fourth-order valence-corrected chi connectivity index (χ4v) is 3.45. The molecule has 0 fully saturated rings. The number of hydrogen-bond acceptors (Lipinski definition) is 3. The van der Waals surface area contributed by atoms with E-state index in [9.17, 15) is 26.4 Å². The van der Waals surface area contributed by atoms with Gasteiger partial charge in [0.2, 0.25) is 15.5 Å². The van der Waals surface area contributed by atoms with Gasteiger partial charge in [-0.05, 0) is 18.2 Å². The smallest absolute Gasteiger partial charge is 0.356 e. The zero-order valence-corrected chi connectivity index (χ0v) is 14.2. The van der Waals surface area contributed by atoms with Gasteiger partial charge >= 0.3 is 6.18 Å². The SMILES string of the molecule is CS(=O)(=O)N(c1cc(Cl)cc(Cl)c1)c1c[nH]c(C(F)(F)F)cc1=O. The monoisotopic (exact) mass is 400 g/mol. The Hall–Kier alpha value is -1.71. The number of nitrogens with zero attached hydrogens (tertiary/aromatic N) is 1. The van der Waals surface area contributed by atoms with E-state index < -0.39 is 33.0 Å². The summed E-state index contributed by atoms with van der Waals surface area (Å²) >= 11 is 11.6. The van der Waals surface area contributed by atoms with Crippen molar-refractivity contribution >= 4 is 44.6 Å². The van der Waals surface area contributed by atoms with Crippen molar-refractivity contribution in [3.8, 4) is 0 Å². The molecule has 0 aliphatic heterocycles. The van der Waals surface area contributed by atoms with Gasteiger partial charge in [-0.25, -0.2) is 12.7 Å². The molecule has 1 N–H and O–H groups in total. The molecule has 1 heterocycles. The number of H-pyrrole nitrogens is 1. The van der Waals surface area contributed by atoms with Gasteiger partial charge in [-0.1, -0.05) is 23.2 Å². The fourth-order valence-electron chi connectivity index (χ4n) is 1.95. The minimum Gasteiger partial charge on any atom is -0.356 e. The molecule has 0 aliphatic rings. The lowest BCUT2D eigenvalue weighted by Crippen LogP contribution is -2.30. The van der Waals surface area contributed by atoms with Crippen LogP contribution in [0.4, 0.5) is 24.5 Å². The van der Waals surface area contributed by atoms with Gasteiger partial charge in [0.1, 0.15) is 11.4 Å². The van der Waals surface area contributed by atoms with Gasteiger partial charge in [0.25, 0.3) is 0 Å². The minimum absolute atomic E-state index is 0.0831. The molecule has 11 heteroatoms. The van der Waals surface area contributed by atoms with Crippen LogP contribution in [0.5, 0.6) is 0 Å². The molecule has 1 aromatic heterocycles. The quantitative estimate of drug-likeness (QED) is 0.851. The van der Waals surface area contributed by atoms with Crippen LogP contribution in [0.15, 0.2) is 35.3 Å². The molecule has 0 atom stereocenters. The zero-order chi connectivity index (χ0) is 18.3. The summed E-state index contributed by atoms with van der Waals surface area (Å²) in [4.78, 5) is 13.9. The van der Waals surface area contributed by atoms with Crippen LogP contribution in [0, 0.1) is 0 Å². The fraction of sp³-hybridized carbons (Fsp3) is 0.154. The Kier molecular flexibility index (Phi) is 4.89. The first-order valence-electron chi connectivity index (χ1n) is 6.16. The van der Waals surface area contributed by atoms with Gasteiger partial charge in [-0.3, -0.25) is 4.79 Å². The Morgan fingerprint density at radius 3 is 2.04 bits per heavy atom. The van der Waals surface area contributed by atoms with E-state index in [1.54, 1.807) is 0 Å². The molecule has 130 valence electrons. The van der Waals surface area contributed by atoms with Crippen LogP contribution >= 0.6 is 23.2 Å². The number of nitrogens with one attached hydrogen (secondary N) is 1. The van der Waals surface area contributed by atoms with E-state index in [1.807, 2.05) is 4.98 Å². The molecule has 0 saturated carbocycles. The summed E-state index contributed by atoms with van der Waals surface area (Å²) in [5.74, 6) is 0. The third-order valence-corrected chi connectivity index (χ3v) is 4.34. The average Bonchev–Trinajstić information content (AvgIpc) is 2.37. The Balaban J connectivity index is 2.69. The van der Waals surface area contributed by atoms with Crippen molar-refractivity contribution in [2.45, 2.75) is 6.18 Å². The largest absolute Gasteiger partial charge is 0.431 e. The van der Waals surface area contributed by atoms with E-state index >= 15 is 0 Å². The third kappa shape index (κ3) is 4.03. The summed E-state index contributed by atoms with van der Waals surface area (Å²) in [5.41, 5.74) is -3.04. The summed E-state index contributed by atoms with van der Waals surface area (Å²) in [5, 5.41) is 0.184. The molecule has 2 aromatic rings. The van der Waals surface area contributed by atoms with Crippen molar-refractivity contribution in [3.63, 3.8) is 0 Å². The predicted molar refractivity (Wildman–Crippen MR) is 85.5 cm³/mol. The highest BCUT2D eigenvalue weighted by atomic mass is 35.5. The second-order valence-corrected chi connectivity index (χ2v) is 7.45. The lowest BCUT2D eigenvalue weighted by Gasteiger charge is -2.22. The van der Waals surface area contributed by atoms with Gasteiger partial charge in [0.05, 0.1) is 11.9 Å². The maximum Gasteiger partial charge on any atom is 0.431 e. The van der Waals surface area contributed by atoms with Gasteiger partial charge in [-0.2, -0.15) is 13.2 Å². The highest BCUT2D eigenvalue weighted by Gasteiger charge is 2.33. The zero-order valence-electron chi connectivity index (χ0n) is 11.9. The molecule has 0 radical (unpaired) electrons. The van der Waals surface area contributed by atoms with Gasteiger partial charge in [0.15, 0.2) is 0 Å². The van der Waals surface area contributed by atoms with Crippen LogP contribution < -0.4 is 9.73 Å². The maximum absolute atomic E-state index is 12.6. The maximum atomic E-state index is 12.6. The topological polar surface area (TPSA) is 70.2 Å². The van der Waals surface area contributed by atoms with Crippen LogP contribution in [-0.2, 0) is 16.2 Å². The van der Waals surface area contributed by atoms with Crippen molar-refractivity contribution in [1.29, 1.82) is 0 Å². The Bertz CT molecular complexity index is 922. The lowest BCUT2D eigenvalue weighted by atomic mass is 10.2. The van der Waals surface area contributed by atoms with Crippen LogP contribution in [0.25, 0.3) is 0 Å². The number of aromatic amines is 1. The van der Waals surface area contributed by atoms with Crippen LogP contribution in [0.2, 0.25) is 10.0 Å². The molecular weight excluding hydrogens is 392 g/mol. The van der Waals surface area contributed by atoms with Gasteiger partial charge in [-0.15, -0.1) is 0 Å². The van der Waals surface area contributed by atoms with Crippen molar-refractivity contribution in [2.75, 3.05) is 10.6 Å². The number of alkyl halides is 3. The first kappa shape index (κ1) is 18.6. The molecule has 0 bridgehead atoms. The van der Waals surface area contributed by atoms with E-state index in [-0.39, 0.29) is 21.8 Å². The van der Waals surface area contributed by atoms with Crippen LogP contribution in [-0.4, -0.2) is 19.7 Å². The molecule has 0 spiro atoms. The predicted octanol–water partition coefficient (Wildman–Crippen LogP) is 3.80.